The minimum absolute atomic E-state index is 0.0421. The fourth-order valence-corrected chi connectivity index (χ4v) is 1.35. The van der Waals surface area contributed by atoms with E-state index in [1.807, 2.05) is 0 Å². The van der Waals surface area contributed by atoms with E-state index in [9.17, 15) is 4.79 Å². The zero-order chi connectivity index (χ0) is 14.8. The number of carbonyl (C=O) groups excluding carboxylic acids is 1. The normalized spacial score (nSPS) is 10.1. The van der Waals surface area contributed by atoms with Gasteiger partial charge in [-0.2, -0.15) is 5.10 Å². The lowest BCUT2D eigenvalue weighted by Crippen LogP contribution is -2.22. The van der Waals surface area contributed by atoms with Crippen molar-refractivity contribution in [1.82, 2.24) is 5.43 Å². The quantitative estimate of drug-likeness (QED) is 0.454. The SMILES string of the molecule is C#CCOc1ccc(/C=N\NC(=O)COC)cc1OC. The molecule has 106 valence electrons. The summed E-state index contributed by atoms with van der Waals surface area (Å²) in [5, 5.41) is 3.79. The highest BCUT2D eigenvalue weighted by atomic mass is 16.5. The maximum Gasteiger partial charge on any atom is 0.266 e. The predicted octanol–water partition coefficient (Wildman–Crippen LogP) is 0.804. The van der Waals surface area contributed by atoms with E-state index in [2.05, 4.69) is 21.2 Å². The Kier molecular flexibility index (Phi) is 6.65. The lowest BCUT2D eigenvalue weighted by Gasteiger charge is -2.08. The van der Waals surface area contributed by atoms with Crippen molar-refractivity contribution in [2.24, 2.45) is 5.10 Å². The molecular weight excluding hydrogens is 260 g/mol. The molecule has 1 aromatic rings. The van der Waals surface area contributed by atoms with Gasteiger partial charge in [0, 0.05) is 7.11 Å². The van der Waals surface area contributed by atoms with Crippen molar-refractivity contribution in [1.29, 1.82) is 0 Å². The Balaban J connectivity index is 2.70. The molecule has 0 aliphatic rings. The Morgan fingerprint density at radius 1 is 1.45 bits per heavy atom. The first-order chi connectivity index (χ1) is 9.71. The Hall–Kier alpha value is -2.52. The molecule has 0 radical (unpaired) electrons. The van der Waals surface area contributed by atoms with Crippen LogP contribution >= 0.6 is 0 Å². The van der Waals surface area contributed by atoms with Gasteiger partial charge in [-0.15, -0.1) is 6.42 Å². The molecule has 0 aliphatic heterocycles. The number of hydrogen-bond acceptors (Lipinski definition) is 5. The molecule has 0 heterocycles. The molecule has 20 heavy (non-hydrogen) atoms. The minimum Gasteiger partial charge on any atom is -0.493 e. The van der Waals surface area contributed by atoms with Gasteiger partial charge in [0.05, 0.1) is 13.3 Å². The van der Waals surface area contributed by atoms with Gasteiger partial charge in [-0.25, -0.2) is 5.43 Å². The summed E-state index contributed by atoms with van der Waals surface area (Å²) in [4.78, 5) is 11.1. The summed E-state index contributed by atoms with van der Waals surface area (Å²) in [6.45, 7) is 0.121. The third-order valence-corrected chi connectivity index (χ3v) is 2.18. The number of amides is 1. The van der Waals surface area contributed by atoms with Crippen LogP contribution in [0.5, 0.6) is 11.5 Å². The highest BCUT2D eigenvalue weighted by molar-refractivity contribution is 5.83. The van der Waals surface area contributed by atoms with E-state index >= 15 is 0 Å². The van der Waals surface area contributed by atoms with Gasteiger partial charge < -0.3 is 14.2 Å². The third-order valence-electron chi connectivity index (χ3n) is 2.18. The van der Waals surface area contributed by atoms with Crippen LogP contribution in [0.25, 0.3) is 0 Å². The zero-order valence-corrected chi connectivity index (χ0v) is 11.4. The molecule has 0 fully saturated rings. The van der Waals surface area contributed by atoms with Gasteiger partial charge >= 0.3 is 0 Å². The van der Waals surface area contributed by atoms with Crippen molar-refractivity contribution in [2.75, 3.05) is 27.4 Å². The van der Waals surface area contributed by atoms with E-state index in [0.717, 1.165) is 5.56 Å². The number of methoxy groups -OCH3 is 2. The lowest BCUT2D eigenvalue weighted by atomic mass is 10.2. The highest BCUT2D eigenvalue weighted by Gasteiger charge is 2.04. The van der Waals surface area contributed by atoms with Crippen molar-refractivity contribution in [3.05, 3.63) is 23.8 Å². The molecule has 1 rings (SSSR count). The first-order valence-corrected chi connectivity index (χ1v) is 5.76. The van der Waals surface area contributed by atoms with E-state index in [1.54, 1.807) is 18.2 Å². The van der Waals surface area contributed by atoms with E-state index in [4.69, 9.17) is 15.9 Å². The first kappa shape index (κ1) is 15.5. The van der Waals surface area contributed by atoms with E-state index in [-0.39, 0.29) is 19.1 Å². The van der Waals surface area contributed by atoms with E-state index < -0.39 is 0 Å². The Morgan fingerprint density at radius 2 is 2.25 bits per heavy atom. The fourth-order valence-electron chi connectivity index (χ4n) is 1.35. The van der Waals surface area contributed by atoms with E-state index in [0.29, 0.717) is 11.5 Å². The fraction of sp³-hybridized carbons (Fsp3) is 0.286. The second kappa shape index (κ2) is 8.56. The second-order valence-corrected chi connectivity index (χ2v) is 3.63. The average molecular weight is 276 g/mol. The van der Waals surface area contributed by atoms with Crippen molar-refractivity contribution in [3.63, 3.8) is 0 Å². The predicted molar refractivity (Wildman–Crippen MR) is 74.9 cm³/mol. The molecule has 0 aliphatic carbocycles. The number of nitrogens with zero attached hydrogens (tertiary/aromatic N) is 1. The summed E-state index contributed by atoms with van der Waals surface area (Å²) in [7, 11) is 2.96. The van der Waals surface area contributed by atoms with Crippen LogP contribution in [0.2, 0.25) is 0 Å². The topological polar surface area (TPSA) is 69.2 Å². The maximum atomic E-state index is 11.1. The highest BCUT2D eigenvalue weighted by Crippen LogP contribution is 2.27. The van der Waals surface area contributed by atoms with Crippen LogP contribution in [0.15, 0.2) is 23.3 Å². The summed E-state index contributed by atoms with van der Waals surface area (Å²) in [5.41, 5.74) is 3.07. The number of carbonyl (C=O) groups is 1. The maximum absolute atomic E-state index is 11.1. The number of benzene rings is 1. The number of ether oxygens (including phenoxy) is 3. The molecule has 0 unspecified atom stereocenters. The largest absolute Gasteiger partial charge is 0.493 e. The van der Waals surface area contributed by atoms with Crippen LogP contribution in [0.1, 0.15) is 5.56 Å². The average Bonchev–Trinajstić information content (AvgIpc) is 2.46. The van der Waals surface area contributed by atoms with Crippen molar-refractivity contribution in [3.8, 4) is 23.8 Å². The monoisotopic (exact) mass is 276 g/mol. The molecule has 0 saturated carbocycles. The summed E-state index contributed by atoms with van der Waals surface area (Å²) in [6, 6.07) is 5.20. The summed E-state index contributed by atoms with van der Waals surface area (Å²) in [6.07, 6.45) is 6.62. The molecule has 0 bridgehead atoms. The van der Waals surface area contributed by atoms with Crippen LogP contribution in [0.3, 0.4) is 0 Å². The molecule has 0 saturated heterocycles. The van der Waals surface area contributed by atoms with Gasteiger partial charge in [-0.3, -0.25) is 4.79 Å². The Bertz CT molecular complexity index is 520. The molecule has 1 aromatic carbocycles. The number of rotatable bonds is 7. The molecule has 0 aromatic heterocycles. The molecular formula is C14H16N2O4. The molecule has 6 nitrogen and oxygen atoms in total. The van der Waals surface area contributed by atoms with E-state index in [1.165, 1.54) is 20.4 Å². The molecule has 6 heteroatoms. The summed E-state index contributed by atoms with van der Waals surface area (Å²) in [5.74, 6) is 3.13. The number of hydrogen-bond donors (Lipinski definition) is 1. The zero-order valence-electron chi connectivity index (χ0n) is 11.4. The standard InChI is InChI=1S/C14H16N2O4/c1-4-7-20-12-6-5-11(8-13(12)19-3)9-15-16-14(17)10-18-2/h1,5-6,8-9H,7,10H2,2-3H3,(H,16,17)/b15-9-. The summed E-state index contributed by atoms with van der Waals surface area (Å²) < 4.78 is 15.2. The molecule has 0 atom stereocenters. The Labute approximate surface area is 117 Å². The smallest absolute Gasteiger partial charge is 0.266 e. The first-order valence-electron chi connectivity index (χ1n) is 5.76. The number of nitrogens with one attached hydrogen (secondary N) is 1. The van der Waals surface area contributed by atoms with Gasteiger partial charge in [-0.05, 0) is 23.8 Å². The van der Waals surface area contributed by atoms with Crippen LogP contribution < -0.4 is 14.9 Å². The second-order valence-electron chi connectivity index (χ2n) is 3.63. The van der Waals surface area contributed by atoms with Crippen LogP contribution in [0, 0.1) is 12.3 Å². The van der Waals surface area contributed by atoms with Crippen molar-refractivity contribution in [2.45, 2.75) is 0 Å². The third kappa shape index (κ3) is 5.00. The van der Waals surface area contributed by atoms with Crippen LogP contribution in [0.4, 0.5) is 0 Å². The van der Waals surface area contributed by atoms with Gasteiger partial charge in [0.2, 0.25) is 0 Å². The minimum atomic E-state index is -0.329. The molecule has 0 spiro atoms. The van der Waals surface area contributed by atoms with Crippen molar-refractivity contribution < 1.29 is 19.0 Å². The van der Waals surface area contributed by atoms with Crippen LogP contribution in [-0.2, 0) is 9.53 Å². The van der Waals surface area contributed by atoms with Gasteiger partial charge in [0.15, 0.2) is 11.5 Å². The lowest BCUT2D eigenvalue weighted by molar-refractivity contribution is -0.124. The number of hydrazone groups is 1. The molecule has 1 amide bonds. The van der Waals surface area contributed by atoms with Crippen molar-refractivity contribution >= 4 is 12.1 Å². The number of terminal acetylenes is 1. The summed E-state index contributed by atoms with van der Waals surface area (Å²) >= 11 is 0. The van der Waals surface area contributed by atoms with Crippen LogP contribution in [-0.4, -0.2) is 39.6 Å². The van der Waals surface area contributed by atoms with Gasteiger partial charge in [0.25, 0.3) is 5.91 Å². The van der Waals surface area contributed by atoms with Gasteiger partial charge in [-0.1, -0.05) is 5.92 Å². The van der Waals surface area contributed by atoms with Gasteiger partial charge in [0.1, 0.15) is 13.2 Å². The molecule has 1 N–H and O–H groups in total. The Morgan fingerprint density at radius 3 is 2.90 bits per heavy atom.